The Kier molecular flexibility index (Phi) is 30.2. The van der Waals surface area contributed by atoms with E-state index in [0.29, 0.717) is 16.7 Å². The van der Waals surface area contributed by atoms with Crippen molar-refractivity contribution in [3.63, 3.8) is 0 Å². The largest absolute Gasteiger partial charge is 0.504 e. The molecule has 0 aliphatic carbocycles. The molecule has 0 fully saturated rings. The molecule has 72 heavy (non-hydrogen) atoms. The number of phenolic OH excluding ortho intramolecular Hbond substituents is 2. The predicted octanol–water partition coefficient (Wildman–Crippen LogP) is 19.1. The Morgan fingerprint density at radius 2 is 0.875 bits per heavy atom. The molecule has 398 valence electrons. The second-order valence-corrected chi connectivity index (χ2v) is 22.7. The molecule has 6 nitrogen and oxygen atoms in total. The van der Waals surface area contributed by atoms with Gasteiger partial charge in [0.1, 0.15) is 0 Å². The lowest BCUT2D eigenvalue weighted by Gasteiger charge is -2.17. The highest BCUT2D eigenvalue weighted by molar-refractivity contribution is 7.95. The summed E-state index contributed by atoms with van der Waals surface area (Å²) in [4.78, 5) is 0.418. The molecule has 2 aromatic carbocycles. The molecule has 0 heterocycles. The predicted molar refractivity (Wildman–Crippen MR) is 310 cm³/mol. The van der Waals surface area contributed by atoms with Crippen molar-refractivity contribution in [3.05, 3.63) is 157 Å². The Labute approximate surface area is 439 Å². The summed E-state index contributed by atoms with van der Waals surface area (Å²) in [6.45, 7) is 26.0. The van der Waals surface area contributed by atoms with Crippen LogP contribution < -0.4 is 9.47 Å². The van der Waals surface area contributed by atoms with Gasteiger partial charge in [0.05, 0.1) is 24.0 Å². The molecule has 0 amide bonds. The van der Waals surface area contributed by atoms with Gasteiger partial charge in [-0.2, -0.15) is 0 Å². The molecule has 0 unspecified atom stereocenters. The van der Waals surface area contributed by atoms with Crippen molar-refractivity contribution in [2.45, 2.75) is 204 Å². The van der Waals surface area contributed by atoms with Crippen molar-refractivity contribution in [2.24, 2.45) is 5.92 Å². The van der Waals surface area contributed by atoms with Crippen LogP contribution in [0.1, 0.15) is 196 Å². The van der Waals surface area contributed by atoms with Crippen LogP contribution in [0.4, 0.5) is 0 Å². The standard InChI is InChI=1S/C65H96O6S/c1-48(2)26-18-27-49(3)28-19-29-50(4)30-20-31-51(5)32-21-33-52(6)34-22-35-53(7)36-23-37-54(8)38-24-39-55(9)40-25-41-56(10)46-60(72(68,69)59-42-16-15-17-43-59)47-57(11)44-45-61-58(12)62(66)64(70-13)65(71-14)63(61)67/h15-17,28,30,32,34,36,38,40,42-44,46-48,66-67H,18-27,29,31,33,35,37,39,41,45H2,1-14H3. The number of methoxy groups -OCH3 is 2. The molecule has 2 rings (SSSR count). The number of sulfone groups is 1. The monoisotopic (exact) mass is 1000 g/mol. The normalized spacial score (nSPS) is 14.5. The van der Waals surface area contributed by atoms with E-state index < -0.39 is 9.84 Å². The summed E-state index contributed by atoms with van der Waals surface area (Å²) in [6, 6.07) is 8.47. The maximum absolute atomic E-state index is 14.0. The maximum Gasteiger partial charge on any atom is 0.207 e. The van der Waals surface area contributed by atoms with Crippen molar-refractivity contribution >= 4 is 9.84 Å². The van der Waals surface area contributed by atoms with Gasteiger partial charge >= 0.3 is 0 Å². The molecule has 0 bridgehead atoms. The van der Waals surface area contributed by atoms with Crippen molar-refractivity contribution in [2.75, 3.05) is 14.2 Å². The van der Waals surface area contributed by atoms with Crippen LogP contribution in [-0.4, -0.2) is 32.9 Å². The SMILES string of the molecule is COc1c(O)c(C)c(CC=C(C)C=C(C=C(C)CCC=C(C)CCC=C(C)CCC=C(C)CCC=C(C)CCC=C(C)CCC=C(C)CCC=C(C)CCCC(C)C)S(=O)(=O)c2ccccc2)c(O)c1OC. The van der Waals surface area contributed by atoms with Crippen molar-refractivity contribution < 1.29 is 28.1 Å². The summed E-state index contributed by atoms with van der Waals surface area (Å²) in [5.41, 5.74) is 12.9. The highest BCUT2D eigenvalue weighted by Crippen LogP contribution is 2.48. The molecule has 2 N–H and O–H groups in total. The van der Waals surface area contributed by atoms with Gasteiger partial charge in [-0.05, 0) is 209 Å². The van der Waals surface area contributed by atoms with Crippen LogP contribution in [-0.2, 0) is 16.3 Å². The Morgan fingerprint density at radius 1 is 0.514 bits per heavy atom. The van der Waals surface area contributed by atoms with Gasteiger partial charge in [-0.3, -0.25) is 0 Å². The number of phenols is 2. The van der Waals surface area contributed by atoms with Crippen LogP contribution in [0.15, 0.2) is 151 Å². The zero-order valence-corrected chi connectivity index (χ0v) is 48.2. The number of benzene rings is 2. The van der Waals surface area contributed by atoms with E-state index in [4.69, 9.17) is 9.47 Å². The van der Waals surface area contributed by atoms with Crippen LogP contribution in [0.3, 0.4) is 0 Å². The minimum absolute atomic E-state index is 0.0451. The topological polar surface area (TPSA) is 93.1 Å². The summed E-state index contributed by atoms with van der Waals surface area (Å²) in [7, 11) is -1.03. The first kappa shape index (κ1) is 63.1. The van der Waals surface area contributed by atoms with Gasteiger partial charge in [0.15, 0.2) is 11.5 Å². The van der Waals surface area contributed by atoms with Crippen LogP contribution in [0.5, 0.6) is 23.0 Å². The smallest absolute Gasteiger partial charge is 0.207 e. The second-order valence-electron chi connectivity index (χ2n) is 20.8. The highest BCUT2D eigenvalue weighted by Gasteiger charge is 2.23. The number of rotatable bonds is 33. The first-order valence-corrected chi connectivity index (χ1v) is 28.3. The molecule has 0 spiro atoms. The molecule has 7 heteroatoms. The van der Waals surface area contributed by atoms with E-state index in [0.717, 1.165) is 88.5 Å². The minimum atomic E-state index is -3.83. The zero-order chi connectivity index (χ0) is 53.6. The summed E-state index contributed by atoms with van der Waals surface area (Å²) < 4.78 is 38.5. The van der Waals surface area contributed by atoms with E-state index in [1.807, 2.05) is 19.9 Å². The van der Waals surface area contributed by atoms with Gasteiger partial charge in [-0.25, -0.2) is 8.42 Å². The fraction of sp³-hybridized carbons (Fsp3) is 0.508. The third-order valence-electron chi connectivity index (χ3n) is 13.5. The average molecular weight is 1010 g/mol. The number of hydrogen-bond donors (Lipinski definition) is 2. The van der Waals surface area contributed by atoms with Gasteiger partial charge in [0.25, 0.3) is 0 Å². The van der Waals surface area contributed by atoms with Gasteiger partial charge < -0.3 is 19.7 Å². The van der Waals surface area contributed by atoms with E-state index in [9.17, 15) is 18.6 Å². The Morgan fingerprint density at radius 3 is 1.25 bits per heavy atom. The Hall–Kier alpha value is -5.01. The van der Waals surface area contributed by atoms with E-state index in [-0.39, 0.29) is 39.2 Å². The van der Waals surface area contributed by atoms with Crippen LogP contribution in [0, 0.1) is 12.8 Å². The zero-order valence-electron chi connectivity index (χ0n) is 47.4. The summed E-state index contributed by atoms with van der Waals surface area (Å²) in [5, 5.41) is 21.7. The van der Waals surface area contributed by atoms with E-state index >= 15 is 0 Å². The molecular formula is C65H96O6S. The van der Waals surface area contributed by atoms with Crippen molar-refractivity contribution in [3.8, 4) is 23.0 Å². The molecule has 0 aliphatic heterocycles. The fourth-order valence-corrected chi connectivity index (χ4v) is 10.1. The molecule has 0 aliphatic rings. The van der Waals surface area contributed by atoms with Gasteiger partial charge in [0, 0.05) is 11.1 Å². The van der Waals surface area contributed by atoms with Crippen LogP contribution in [0.25, 0.3) is 0 Å². The fourth-order valence-electron chi connectivity index (χ4n) is 8.59. The van der Waals surface area contributed by atoms with Gasteiger partial charge in [0.2, 0.25) is 21.3 Å². The summed E-state index contributed by atoms with van der Waals surface area (Å²) >= 11 is 0. The van der Waals surface area contributed by atoms with Gasteiger partial charge in [-0.15, -0.1) is 0 Å². The van der Waals surface area contributed by atoms with Crippen molar-refractivity contribution in [1.82, 2.24) is 0 Å². The molecular weight excluding hydrogens is 909 g/mol. The lowest BCUT2D eigenvalue weighted by atomic mass is 10.00. The maximum atomic E-state index is 14.0. The van der Waals surface area contributed by atoms with Crippen LogP contribution in [0.2, 0.25) is 0 Å². The first-order chi connectivity index (χ1) is 34.2. The molecule has 0 saturated carbocycles. The van der Waals surface area contributed by atoms with E-state index in [2.05, 4.69) is 105 Å². The minimum Gasteiger partial charge on any atom is -0.504 e. The molecule has 0 aromatic heterocycles. The molecule has 2 aromatic rings. The number of allylic oxidation sites excluding steroid dienone is 19. The summed E-state index contributed by atoms with van der Waals surface area (Å²) in [6.07, 6.45) is 41.0. The number of hydrogen-bond acceptors (Lipinski definition) is 6. The Bertz CT molecular complexity index is 2430. The quantitative estimate of drug-likeness (QED) is 0.0420. The number of aromatic hydroxyl groups is 2. The Balaban J connectivity index is 1.85. The number of ether oxygens (including phenoxy) is 2. The van der Waals surface area contributed by atoms with E-state index in [1.54, 1.807) is 55.0 Å². The third-order valence-corrected chi connectivity index (χ3v) is 15.2. The molecule has 0 radical (unpaired) electrons. The lowest BCUT2D eigenvalue weighted by Crippen LogP contribution is -2.04. The lowest BCUT2D eigenvalue weighted by molar-refractivity contribution is 0.314. The van der Waals surface area contributed by atoms with Crippen LogP contribution >= 0.6 is 0 Å². The van der Waals surface area contributed by atoms with E-state index in [1.165, 1.54) is 79.8 Å². The average Bonchev–Trinajstić information content (AvgIpc) is 3.32. The first-order valence-electron chi connectivity index (χ1n) is 26.8. The second kappa shape index (κ2) is 34.4. The summed E-state index contributed by atoms with van der Waals surface area (Å²) in [5.74, 6) is 0.664. The van der Waals surface area contributed by atoms with Crippen molar-refractivity contribution in [1.29, 1.82) is 0 Å². The third kappa shape index (κ3) is 24.6. The highest BCUT2D eigenvalue weighted by atomic mass is 32.2. The molecule has 0 atom stereocenters. The van der Waals surface area contributed by atoms with Gasteiger partial charge in [-0.1, -0.05) is 137 Å². The molecule has 0 saturated heterocycles.